The van der Waals surface area contributed by atoms with E-state index in [4.69, 9.17) is 16.7 Å². The highest BCUT2D eigenvalue weighted by Crippen LogP contribution is 2.14. The van der Waals surface area contributed by atoms with Crippen molar-refractivity contribution in [3.63, 3.8) is 0 Å². The van der Waals surface area contributed by atoms with Gasteiger partial charge < -0.3 is 10.6 Å². The lowest BCUT2D eigenvalue weighted by Crippen LogP contribution is -2.32. The summed E-state index contributed by atoms with van der Waals surface area (Å²) in [6.07, 6.45) is 0. The molecular weight excluding hydrogens is 354 g/mol. The standard InChI is InChI=1S/C15H14ClN3O4S/c16-11-4-1-3-10(7-11)15(21)18-9-14(20)19-12-5-2-6-13(8-12)24(17,22)23/h1-8H,9H2,(H,18,21)(H,19,20)(H2,17,22,23). The molecule has 0 unspecified atom stereocenters. The first-order chi connectivity index (χ1) is 11.3. The fourth-order valence-electron chi connectivity index (χ4n) is 1.85. The summed E-state index contributed by atoms with van der Waals surface area (Å²) in [7, 11) is -3.86. The number of rotatable bonds is 5. The quantitative estimate of drug-likeness (QED) is 0.739. The summed E-state index contributed by atoms with van der Waals surface area (Å²) in [5.74, 6) is -0.970. The molecule has 0 radical (unpaired) electrons. The van der Waals surface area contributed by atoms with Gasteiger partial charge in [-0.2, -0.15) is 0 Å². The molecule has 126 valence electrons. The number of hydrogen-bond donors (Lipinski definition) is 3. The minimum absolute atomic E-state index is 0.122. The molecule has 0 saturated heterocycles. The van der Waals surface area contributed by atoms with Crippen molar-refractivity contribution in [1.29, 1.82) is 0 Å². The fraction of sp³-hybridized carbons (Fsp3) is 0.0667. The number of benzene rings is 2. The van der Waals surface area contributed by atoms with Gasteiger partial charge in [-0.3, -0.25) is 9.59 Å². The molecule has 0 aromatic heterocycles. The van der Waals surface area contributed by atoms with Crippen molar-refractivity contribution in [2.24, 2.45) is 5.14 Å². The molecule has 0 aliphatic rings. The molecule has 0 aliphatic carbocycles. The maximum absolute atomic E-state index is 11.9. The van der Waals surface area contributed by atoms with E-state index < -0.39 is 21.8 Å². The molecule has 0 aliphatic heterocycles. The molecule has 2 amide bonds. The Balaban J connectivity index is 1.95. The molecule has 0 heterocycles. The first-order valence-electron chi connectivity index (χ1n) is 6.72. The number of sulfonamides is 1. The maximum atomic E-state index is 11.9. The first-order valence-corrected chi connectivity index (χ1v) is 8.64. The van der Waals surface area contributed by atoms with Crippen molar-refractivity contribution in [1.82, 2.24) is 5.32 Å². The van der Waals surface area contributed by atoms with Crippen molar-refractivity contribution in [3.8, 4) is 0 Å². The van der Waals surface area contributed by atoms with Gasteiger partial charge in [0, 0.05) is 16.3 Å². The van der Waals surface area contributed by atoms with Crippen molar-refractivity contribution < 1.29 is 18.0 Å². The summed E-state index contributed by atoms with van der Waals surface area (Å²) >= 11 is 5.79. The lowest BCUT2D eigenvalue weighted by atomic mass is 10.2. The Hall–Kier alpha value is -2.42. The largest absolute Gasteiger partial charge is 0.343 e. The second-order valence-corrected chi connectivity index (χ2v) is 6.81. The monoisotopic (exact) mass is 367 g/mol. The van der Waals surface area contributed by atoms with Crippen molar-refractivity contribution in [3.05, 3.63) is 59.1 Å². The zero-order valence-electron chi connectivity index (χ0n) is 12.3. The number of primary sulfonamides is 1. The van der Waals surface area contributed by atoms with Gasteiger partial charge in [-0.25, -0.2) is 13.6 Å². The predicted molar refractivity (Wildman–Crippen MR) is 90.2 cm³/mol. The number of nitrogens with one attached hydrogen (secondary N) is 2. The highest BCUT2D eigenvalue weighted by atomic mass is 35.5. The Morgan fingerprint density at radius 3 is 2.46 bits per heavy atom. The van der Waals surface area contributed by atoms with E-state index in [1.54, 1.807) is 18.2 Å². The zero-order chi connectivity index (χ0) is 17.7. The second kappa shape index (κ2) is 7.43. The third-order valence-corrected chi connectivity index (χ3v) is 4.09. The van der Waals surface area contributed by atoms with Crippen LogP contribution in [0.3, 0.4) is 0 Å². The number of anilines is 1. The normalized spacial score (nSPS) is 10.9. The van der Waals surface area contributed by atoms with Crippen LogP contribution in [0.5, 0.6) is 0 Å². The Kier molecular flexibility index (Phi) is 5.55. The van der Waals surface area contributed by atoms with Gasteiger partial charge >= 0.3 is 0 Å². The summed E-state index contributed by atoms with van der Waals surface area (Å²) in [6.45, 7) is -0.287. The zero-order valence-corrected chi connectivity index (χ0v) is 13.9. The fourth-order valence-corrected chi connectivity index (χ4v) is 2.60. The van der Waals surface area contributed by atoms with Crippen LogP contribution in [0, 0.1) is 0 Å². The smallest absolute Gasteiger partial charge is 0.251 e. The molecule has 0 fully saturated rings. The van der Waals surface area contributed by atoms with Gasteiger partial charge in [0.15, 0.2) is 0 Å². The van der Waals surface area contributed by atoms with Crippen molar-refractivity contribution in [2.75, 3.05) is 11.9 Å². The average Bonchev–Trinajstić information content (AvgIpc) is 2.52. The molecule has 0 bridgehead atoms. The van der Waals surface area contributed by atoms with Crippen molar-refractivity contribution >= 4 is 39.1 Å². The van der Waals surface area contributed by atoms with E-state index in [0.717, 1.165) is 0 Å². The molecule has 4 N–H and O–H groups in total. The summed E-state index contributed by atoms with van der Waals surface area (Å²) in [6, 6.07) is 11.8. The number of carbonyl (C=O) groups excluding carboxylic acids is 2. The van der Waals surface area contributed by atoms with Gasteiger partial charge in [-0.1, -0.05) is 23.7 Å². The molecule has 2 aromatic rings. The Labute approximate surface area is 143 Å². The van der Waals surface area contributed by atoms with Crippen LogP contribution in [0.15, 0.2) is 53.4 Å². The van der Waals surface area contributed by atoms with Crippen LogP contribution in [-0.4, -0.2) is 26.8 Å². The topological polar surface area (TPSA) is 118 Å². The van der Waals surface area contributed by atoms with Gasteiger partial charge in [0.05, 0.1) is 11.4 Å². The summed E-state index contributed by atoms with van der Waals surface area (Å²) < 4.78 is 22.5. The number of amides is 2. The Morgan fingerprint density at radius 2 is 1.79 bits per heavy atom. The highest BCUT2D eigenvalue weighted by molar-refractivity contribution is 7.89. The van der Waals surface area contributed by atoms with E-state index >= 15 is 0 Å². The number of halogens is 1. The van der Waals surface area contributed by atoms with E-state index in [1.165, 1.54) is 30.3 Å². The van der Waals surface area contributed by atoms with E-state index in [2.05, 4.69) is 10.6 Å². The van der Waals surface area contributed by atoms with Gasteiger partial charge in [-0.15, -0.1) is 0 Å². The average molecular weight is 368 g/mol. The van der Waals surface area contributed by atoms with Gasteiger partial charge in [-0.05, 0) is 36.4 Å². The third-order valence-electron chi connectivity index (χ3n) is 2.94. The van der Waals surface area contributed by atoms with Crippen LogP contribution in [0.2, 0.25) is 5.02 Å². The second-order valence-electron chi connectivity index (χ2n) is 4.81. The Morgan fingerprint density at radius 1 is 1.08 bits per heavy atom. The van der Waals surface area contributed by atoms with E-state index in [-0.39, 0.29) is 17.1 Å². The lowest BCUT2D eigenvalue weighted by Gasteiger charge is -2.08. The molecular formula is C15H14ClN3O4S. The minimum atomic E-state index is -3.86. The van der Waals surface area contributed by atoms with Gasteiger partial charge in [0.2, 0.25) is 15.9 Å². The SMILES string of the molecule is NS(=O)(=O)c1cccc(NC(=O)CNC(=O)c2cccc(Cl)c2)c1. The van der Waals surface area contributed by atoms with Gasteiger partial charge in [0.1, 0.15) is 0 Å². The molecule has 0 saturated carbocycles. The van der Waals surface area contributed by atoms with Crippen LogP contribution in [0.25, 0.3) is 0 Å². The van der Waals surface area contributed by atoms with Gasteiger partial charge in [0.25, 0.3) is 5.91 Å². The molecule has 0 atom stereocenters. The van der Waals surface area contributed by atoms with Crippen LogP contribution >= 0.6 is 11.6 Å². The van der Waals surface area contributed by atoms with Crippen LogP contribution in [0.1, 0.15) is 10.4 Å². The molecule has 7 nitrogen and oxygen atoms in total. The third kappa shape index (κ3) is 5.05. The van der Waals surface area contributed by atoms with E-state index in [1.807, 2.05) is 0 Å². The lowest BCUT2D eigenvalue weighted by molar-refractivity contribution is -0.115. The molecule has 9 heteroatoms. The van der Waals surface area contributed by atoms with Crippen LogP contribution in [-0.2, 0) is 14.8 Å². The number of nitrogens with two attached hydrogens (primary N) is 1. The summed E-state index contributed by atoms with van der Waals surface area (Å²) in [4.78, 5) is 23.6. The predicted octanol–water partition coefficient (Wildman–Crippen LogP) is 1.36. The number of carbonyl (C=O) groups is 2. The molecule has 0 spiro atoms. The van der Waals surface area contributed by atoms with Crippen molar-refractivity contribution in [2.45, 2.75) is 4.90 Å². The number of hydrogen-bond acceptors (Lipinski definition) is 4. The first kappa shape index (κ1) is 17.9. The van der Waals surface area contributed by atoms with E-state index in [0.29, 0.717) is 10.6 Å². The maximum Gasteiger partial charge on any atom is 0.251 e. The van der Waals surface area contributed by atoms with Crippen LogP contribution in [0.4, 0.5) is 5.69 Å². The van der Waals surface area contributed by atoms with E-state index in [9.17, 15) is 18.0 Å². The molecule has 2 rings (SSSR count). The Bertz CT molecular complexity index is 884. The molecule has 24 heavy (non-hydrogen) atoms. The summed E-state index contributed by atoms with van der Waals surface area (Å²) in [5, 5.41) is 10.3. The minimum Gasteiger partial charge on any atom is -0.343 e. The van der Waals surface area contributed by atoms with Crippen LogP contribution < -0.4 is 15.8 Å². The molecule has 2 aromatic carbocycles. The highest BCUT2D eigenvalue weighted by Gasteiger charge is 2.11. The summed E-state index contributed by atoms with van der Waals surface area (Å²) in [5.41, 5.74) is 0.579.